The minimum atomic E-state index is -3.67. The summed E-state index contributed by atoms with van der Waals surface area (Å²) < 4.78 is 37.4. The Kier molecular flexibility index (Phi) is 9.67. The van der Waals surface area contributed by atoms with Gasteiger partial charge in [-0.15, -0.1) is 0 Å². The highest BCUT2D eigenvalue weighted by atomic mass is 79.9. The van der Waals surface area contributed by atoms with E-state index in [1.54, 1.807) is 0 Å². The fourth-order valence-electron chi connectivity index (χ4n) is 3.57. The third-order valence-electron chi connectivity index (χ3n) is 5.17. The molecular weight excluding hydrogens is 601 g/mol. The van der Waals surface area contributed by atoms with Crippen LogP contribution >= 0.6 is 31.9 Å². The molecule has 0 radical (unpaired) electrons. The third-order valence-corrected chi connectivity index (χ3v) is 6.22. The molecule has 36 heavy (non-hydrogen) atoms. The van der Waals surface area contributed by atoms with Crippen molar-refractivity contribution < 1.29 is 27.4 Å². The van der Waals surface area contributed by atoms with E-state index >= 15 is 0 Å². The standard InChI is InChI=1S/C27H17Br2NO.BF3.FH/c28-22-10-5-18(6-11-22)21-15-24(31-27(16-21)19-7-12-23(29)13-8-19)14-9-20-17-30-26-4-2-1-3-25(20)26;2-1(3)4;/h1-17H;;1H. The number of nitrogens with one attached hydrogen (secondary N) is 1. The van der Waals surface area contributed by atoms with Gasteiger partial charge in [0.25, 0.3) is 0 Å². The van der Waals surface area contributed by atoms with Crippen LogP contribution in [-0.2, 0) is 4.74 Å². The van der Waals surface area contributed by atoms with E-state index in [0.717, 1.165) is 48.4 Å². The summed E-state index contributed by atoms with van der Waals surface area (Å²) in [6.07, 6.45) is 10.3. The molecule has 0 atom stereocenters. The number of hydrogen-bond acceptors (Lipinski definition) is 1. The molecule has 0 fully saturated rings. The molecule has 0 unspecified atom stereocenters. The minimum Gasteiger partial charge on any atom is -1.00 e. The maximum Gasteiger partial charge on any atom is 0.762 e. The second-order valence-electron chi connectivity index (χ2n) is 7.50. The summed E-state index contributed by atoms with van der Waals surface area (Å²) in [5.74, 6) is 1.62. The van der Waals surface area contributed by atoms with Crippen LogP contribution in [0.5, 0.6) is 0 Å². The maximum atomic E-state index is 9.67. The summed E-state index contributed by atoms with van der Waals surface area (Å²) >= 11 is 7.03. The van der Waals surface area contributed by atoms with E-state index in [1.807, 2.05) is 30.5 Å². The molecular formula is C27H18BBr2F4NO. The van der Waals surface area contributed by atoms with E-state index in [9.17, 15) is 12.9 Å². The van der Waals surface area contributed by atoms with E-state index in [2.05, 4.69) is 110 Å². The fraction of sp³-hybridized carbons (Fsp3) is 0. The molecule has 182 valence electrons. The van der Waals surface area contributed by atoms with Gasteiger partial charge in [-0.3, -0.25) is 12.9 Å². The van der Waals surface area contributed by atoms with E-state index in [-0.39, 0.29) is 4.70 Å². The molecule has 5 rings (SSSR count). The molecule has 0 aromatic heterocycles. The van der Waals surface area contributed by atoms with Crippen LogP contribution in [0.3, 0.4) is 0 Å². The highest BCUT2D eigenvalue weighted by Gasteiger charge is 2.18. The summed E-state index contributed by atoms with van der Waals surface area (Å²) in [6, 6.07) is 24.8. The first-order valence-electron chi connectivity index (χ1n) is 10.6. The summed E-state index contributed by atoms with van der Waals surface area (Å²) in [4.78, 5) is 3.32. The van der Waals surface area contributed by atoms with E-state index in [1.165, 1.54) is 5.56 Å². The molecule has 0 bridgehead atoms. The first-order chi connectivity index (χ1) is 16.9. The summed E-state index contributed by atoms with van der Waals surface area (Å²) in [6.45, 7) is 0. The molecule has 0 saturated carbocycles. The first kappa shape index (κ1) is 27.4. The van der Waals surface area contributed by atoms with Crippen LogP contribution in [0.2, 0.25) is 0 Å². The van der Waals surface area contributed by atoms with Gasteiger partial charge in [-0.25, -0.2) is 4.99 Å². The Labute approximate surface area is 223 Å². The summed E-state index contributed by atoms with van der Waals surface area (Å²) in [5.41, 5.74) is 6.72. The predicted molar refractivity (Wildman–Crippen MR) is 144 cm³/mol. The lowest BCUT2D eigenvalue weighted by atomic mass is 10.0. The fourth-order valence-corrected chi connectivity index (χ4v) is 4.10. The Morgan fingerprint density at radius 1 is 0.750 bits per heavy atom. The van der Waals surface area contributed by atoms with Crippen LogP contribution in [0.1, 0.15) is 16.7 Å². The Morgan fingerprint density at radius 3 is 1.97 bits per heavy atom. The van der Waals surface area contributed by atoms with Gasteiger partial charge in [0.15, 0.2) is 6.21 Å². The van der Waals surface area contributed by atoms with Gasteiger partial charge in [-0.2, -0.15) is 0 Å². The van der Waals surface area contributed by atoms with Crippen LogP contribution in [0.15, 0.2) is 112 Å². The monoisotopic (exact) mass is 617 g/mol. The van der Waals surface area contributed by atoms with Crippen molar-refractivity contribution in [2.75, 3.05) is 0 Å². The molecule has 2 aliphatic heterocycles. The number of hydrogen-bond donors (Lipinski definition) is 1. The molecule has 2 aliphatic rings. The second kappa shape index (κ2) is 12.7. The zero-order valence-corrected chi connectivity index (χ0v) is 21.7. The molecule has 0 saturated heterocycles. The third kappa shape index (κ3) is 7.18. The van der Waals surface area contributed by atoms with Gasteiger partial charge in [0.1, 0.15) is 11.5 Å². The lowest BCUT2D eigenvalue weighted by Gasteiger charge is -2.18. The molecule has 2 nitrogen and oxygen atoms in total. The average Bonchev–Trinajstić information content (AvgIpc) is 3.26. The van der Waals surface area contributed by atoms with Crippen LogP contribution in [0.25, 0.3) is 16.9 Å². The van der Waals surface area contributed by atoms with Gasteiger partial charge in [0.2, 0.25) is 5.69 Å². The van der Waals surface area contributed by atoms with Crippen molar-refractivity contribution in [2.45, 2.75) is 0 Å². The van der Waals surface area contributed by atoms with Crippen LogP contribution < -0.4 is 9.70 Å². The highest BCUT2D eigenvalue weighted by molar-refractivity contribution is 9.10. The second-order valence-corrected chi connectivity index (χ2v) is 9.33. The Hall–Kier alpha value is -3.17. The average molecular weight is 619 g/mol. The summed E-state index contributed by atoms with van der Waals surface area (Å²) in [7, 11) is -3.67. The largest absolute Gasteiger partial charge is 1.00 e. The van der Waals surface area contributed by atoms with E-state index < -0.39 is 7.54 Å². The van der Waals surface area contributed by atoms with Crippen molar-refractivity contribution in [1.29, 1.82) is 0 Å². The number of ether oxygens (including phenoxy) is 1. The zero-order valence-electron chi connectivity index (χ0n) is 18.6. The Morgan fingerprint density at radius 2 is 1.33 bits per heavy atom. The normalized spacial score (nSPS) is 15.7. The molecule has 3 aromatic carbocycles. The number of benzene rings is 3. The van der Waals surface area contributed by atoms with Gasteiger partial charge < -0.3 is 9.44 Å². The Balaban J connectivity index is 0.000000674. The number of fused-ring (bicyclic) bond motifs is 1. The van der Waals surface area contributed by atoms with Crippen molar-refractivity contribution in [3.8, 4) is 0 Å². The van der Waals surface area contributed by atoms with Crippen molar-refractivity contribution in [3.05, 3.63) is 128 Å². The molecule has 1 N–H and O–H groups in total. The van der Waals surface area contributed by atoms with Crippen LogP contribution in [0, 0.1) is 0 Å². The number of allylic oxidation sites excluding steroid dienone is 6. The lowest BCUT2D eigenvalue weighted by Crippen LogP contribution is -3.00. The van der Waals surface area contributed by atoms with Gasteiger partial charge in [-0.05, 0) is 65.8 Å². The van der Waals surface area contributed by atoms with E-state index in [0.29, 0.717) is 0 Å². The molecule has 0 spiro atoms. The predicted octanol–water partition coefficient (Wildman–Crippen LogP) is 4.31. The van der Waals surface area contributed by atoms with Crippen molar-refractivity contribution in [3.63, 3.8) is 0 Å². The van der Waals surface area contributed by atoms with Gasteiger partial charge >= 0.3 is 7.54 Å². The van der Waals surface area contributed by atoms with Crippen LogP contribution in [0.4, 0.5) is 18.6 Å². The molecule has 0 amide bonds. The van der Waals surface area contributed by atoms with Gasteiger partial charge in [0.05, 0.1) is 11.1 Å². The number of rotatable bonds is 3. The molecule has 0 aliphatic carbocycles. The van der Waals surface area contributed by atoms with Gasteiger partial charge in [-0.1, -0.05) is 68.3 Å². The zero-order chi connectivity index (χ0) is 24.8. The Bertz CT molecular complexity index is 1360. The maximum absolute atomic E-state index is 9.67. The topological polar surface area (TPSA) is 23.2 Å². The highest BCUT2D eigenvalue weighted by Crippen LogP contribution is 2.33. The first-order valence-corrected chi connectivity index (χ1v) is 12.1. The smallest absolute Gasteiger partial charge is 0.762 e. The molecule has 3 aromatic rings. The van der Waals surface area contributed by atoms with Crippen molar-refractivity contribution in [1.82, 2.24) is 0 Å². The van der Waals surface area contributed by atoms with Gasteiger partial charge in [0, 0.05) is 20.6 Å². The van der Waals surface area contributed by atoms with Crippen molar-refractivity contribution in [2.24, 2.45) is 0 Å². The van der Waals surface area contributed by atoms with Crippen LogP contribution in [-0.4, -0.2) is 13.8 Å². The number of halogens is 6. The molecule has 2 heterocycles. The minimum absolute atomic E-state index is 0. The lowest BCUT2D eigenvalue weighted by molar-refractivity contribution is -0.342. The SMILES string of the molecule is Brc1ccc(C2=CC(=CC=C3C=[NH+]c4ccccc43)OC(c3ccc(Br)cc3)=C2)cc1.FB(F)F.[F-]. The molecule has 9 heteroatoms. The van der Waals surface area contributed by atoms with Crippen molar-refractivity contribution >= 4 is 68.2 Å². The van der Waals surface area contributed by atoms with E-state index in [4.69, 9.17) is 4.74 Å². The summed E-state index contributed by atoms with van der Waals surface area (Å²) in [5, 5.41) is 0. The quantitative estimate of drug-likeness (QED) is 0.343. The number of para-hydroxylation sites is 1.